The summed E-state index contributed by atoms with van der Waals surface area (Å²) >= 11 is 0. The van der Waals surface area contributed by atoms with E-state index in [-0.39, 0.29) is 29.3 Å². The number of nitrogens with one attached hydrogen (secondary N) is 1. The van der Waals surface area contributed by atoms with Gasteiger partial charge in [-0.3, -0.25) is 9.59 Å². The lowest BCUT2D eigenvalue weighted by Gasteiger charge is -2.48. The number of allylic oxidation sites excluding steroid dienone is 1. The van der Waals surface area contributed by atoms with Crippen LogP contribution >= 0.6 is 0 Å². The van der Waals surface area contributed by atoms with E-state index in [0.717, 1.165) is 24.8 Å². The number of amides is 2. The molecule has 1 aromatic rings. The van der Waals surface area contributed by atoms with E-state index in [1.54, 1.807) is 6.92 Å². The van der Waals surface area contributed by atoms with E-state index in [9.17, 15) is 9.59 Å². The van der Waals surface area contributed by atoms with E-state index < -0.39 is 5.54 Å². The molecular weight excluding hydrogens is 336 g/mol. The Balaban J connectivity index is 2.56. The van der Waals surface area contributed by atoms with Gasteiger partial charge in [0.2, 0.25) is 11.8 Å². The summed E-state index contributed by atoms with van der Waals surface area (Å²) in [4.78, 5) is 28.3. The molecule has 27 heavy (non-hydrogen) atoms. The maximum Gasteiger partial charge on any atom is 0.246 e. The van der Waals surface area contributed by atoms with Crippen LogP contribution in [0.15, 0.2) is 43.0 Å². The van der Waals surface area contributed by atoms with Crippen LogP contribution in [-0.2, 0) is 9.59 Å². The molecule has 0 radical (unpaired) electrons. The minimum Gasteiger partial charge on any atom is -0.349 e. The van der Waals surface area contributed by atoms with Crippen molar-refractivity contribution in [1.82, 2.24) is 10.2 Å². The van der Waals surface area contributed by atoms with Gasteiger partial charge in [0.05, 0.1) is 6.04 Å². The molecule has 0 heterocycles. The lowest BCUT2D eigenvalue weighted by atomic mass is 9.79. The summed E-state index contributed by atoms with van der Waals surface area (Å²) < 4.78 is 0. The van der Waals surface area contributed by atoms with Gasteiger partial charge in [0.1, 0.15) is 5.54 Å². The van der Waals surface area contributed by atoms with E-state index in [4.69, 9.17) is 0 Å². The highest BCUT2D eigenvalue weighted by molar-refractivity contribution is 5.92. The van der Waals surface area contributed by atoms with Crippen molar-refractivity contribution < 1.29 is 9.59 Å². The predicted octanol–water partition coefficient (Wildman–Crippen LogP) is 4.63. The molecule has 0 aromatic heterocycles. The number of rotatable bonds is 6. The first kappa shape index (κ1) is 21.2. The molecule has 1 aliphatic carbocycles. The second-order valence-corrected chi connectivity index (χ2v) is 8.72. The summed E-state index contributed by atoms with van der Waals surface area (Å²) in [5.41, 5.74) is -0.160. The van der Waals surface area contributed by atoms with Crippen LogP contribution in [0.5, 0.6) is 0 Å². The first-order valence-corrected chi connectivity index (χ1v) is 9.92. The summed E-state index contributed by atoms with van der Waals surface area (Å²) in [6, 6.07) is 9.77. The molecule has 1 N–H and O–H groups in total. The Bertz CT molecular complexity index is 677. The van der Waals surface area contributed by atoms with Gasteiger partial charge in [-0.1, -0.05) is 42.8 Å². The third kappa shape index (κ3) is 4.42. The van der Waals surface area contributed by atoms with Crippen LogP contribution in [0.2, 0.25) is 0 Å². The molecule has 0 unspecified atom stereocenters. The maximum absolute atomic E-state index is 13.6. The molecule has 2 rings (SSSR count). The second kappa shape index (κ2) is 8.28. The molecule has 0 spiro atoms. The topological polar surface area (TPSA) is 49.4 Å². The third-order valence-electron chi connectivity index (χ3n) is 5.56. The summed E-state index contributed by atoms with van der Waals surface area (Å²) in [6.07, 6.45) is 5.14. The smallest absolute Gasteiger partial charge is 0.246 e. The molecule has 148 valence electrons. The molecule has 4 heteroatoms. The molecule has 3 atom stereocenters. The minimum atomic E-state index is -0.845. The van der Waals surface area contributed by atoms with E-state index >= 15 is 0 Å². The Morgan fingerprint density at radius 2 is 1.96 bits per heavy atom. The van der Waals surface area contributed by atoms with Gasteiger partial charge in [-0.25, -0.2) is 0 Å². The highest BCUT2D eigenvalue weighted by Gasteiger charge is 2.55. The van der Waals surface area contributed by atoms with Crippen LogP contribution < -0.4 is 5.32 Å². The number of nitrogens with zero attached hydrogens (tertiary/aromatic N) is 1. The van der Waals surface area contributed by atoms with Crippen LogP contribution in [0.1, 0.15) is 71.9 Å². The monoisotopic (exact) mass is 370 g/mol. The first-order chi connectivity index (χ1) is 12.6. The Kier molecular flexibility index (Phi) is 6.50. The van der Waals surface area contributed by atoms with Crippen molar-refractivity contribution in [2.75, 3.05) is 0 Å². The third-order valence-corrected chi connectivity index (χ3v) is 5.56. The van der Waals surface area contributed by atoms with Crippen LogP contribution in [-0.4, -0.2) is 27.8 Å². The van der Waals surface area contributed by atoms with Crippen LogP contribution in [0.3, 0.4) is 0 Å². The van der Waals surface area contributed by atoms with E-state index in [1.165, 1.54) is 0 Å². The average Bonchev–Trinajstić information content (AvgIpc) is 2.99. The molecule has 0 aliphatic heterocycles. The van der Waals surface area contributed by atoms with E-state index in [2.05, 4.69) is 11.9 Å². The Morgan fingerprint density at radius 3 is 2.48 bits per heavy atom. The molecule has 4 nitrogen and oxygen atoms in total. The largest absolute Gasteiger partial charge is 0.349 e. The Labute approximate surface area is 164 Å². The summed E-state index contributed by atoms with van der Waals surface area (Å²) in [7, 11) is 0. The lowest BCUT2D eigenvalue weighted by Crippen LogP contribution is -2.65. The van der Waals surface area contributed by atoms with Crippen molar-refractivity contribution in [2.45, 2.75) is 77.4 Å². The van der Waals surface area contributed by atoms with Gasteiger partial charge in [-0.2, -0.15) is 0 Å². The SMILES string of the molecule is C=CC[C@H]1CCC[C@]1(C(=O)NC(C)(C)C)N(C(C)=O)[C@@H](C)c1ccccc1. The van der Waals surface area contributed by atoms with Crippen molar-refractivity contribution >= 4 is 11.8 Å². The molecule has 1 saturated carbocycles. The van der Waals surface area contributed by atoms with Crippen LogP contribution in [0.4, 0.5) is 0 Å². The van der Waals surface area contributed by atoms with Gasteiger partial charge in [0.25, 0.3) is 0 Å². The van der Waals surface area contributed by atoms with Crippen molar-refractivity contribution in [3.63, 3.8) is 0 Å². The number of hydrogen-bond donors (Lipinski definition) is 1. The van der Waals surface area contributed by atoms with Crippen molar-refractivity contribution in [1.29, 1.82) is 0 Å². The molecule has 1 aliphatic rings. The average molecular weight is 371 g/mol. The molecule has 1 fully saturated rings. The van der Waals surface area contributed by atoms with Crippen LogP contribution in [0.25, 0.3) is 0 Å². The second-order valence-electron chi connectivity index (χ2n) is 8.72. The Morgan fingerprint density at radius 1 is 1.33 bits per heavy atom. The fourth-order valence-electron chi connectivity index (χ4n) is 4.53. The van der Waals surface area contributed by atoms with Crippen molar-refractivity contribution in [3.05, 3.63) is 48.6 Å². The van der Waals surface area contributed by atoms with Gasteiger partial charge >= 0.3 is 0 Å². The van der Waals surface area contributed by atoms with Gasteiger partial charge < -0.3 is 10.2 Å². The van der Waals surface area contributed by atoms with Crippen molar-refractivity contribution in [3.8, 4) is 0 Å². The van der Waals surface area contributed by atoms with E-state index in [1.807, 2.05) is 69.0 Å². The Hall–Kier alpha value is -2.10. The van der Waals surface area contributed by atoms with E-state index in [0.29, 0.717) is 6.42 Å². The van der Waals surface area contributed by atoms with Crippen LogP contribution in [0, 0.1) is 5.92 Å². The summed E-state index contributed by atoms with van der Waals surface area (Å²) in [6.45, 7) is 13.4. The number of hydrogen-bond acceptors (Lipinski definition) is 2. The fraction of sp³-hybridized carbons (Fsp3) is 0.565. The molecule has 2 amide bonds. The zero-order valence-electron chi connectivity index (χ0n) is 17.4. The highest BCUT2D eigenvalue weighted by Crippen LogP contribution is 2.46. The van der Waals surface area contributed by atoms with Gasteiger partial charge in [-0.15, -0.1) is 6.58 Å². The summed E-state index contributed by atoms with van der Waals surface area (Å²) in [5, 5.41) is 3.16. The fourth-order valence-corrected chi connectivity index (χ4v) is 4.53. The molecular formula is C23H34N2O2. The minimum absolute atomic E-state index is 0.0441. The molecule has 1 aromatic carbocycles. The normalized spacial score (nSPS) is 23.5. The molecule has 0 saturated heterocycles. The molecule has 0 bridgehead atoms. The predicted molar refractivity (Wildman–Crippen MR) is 110 cm³/mol. The van der Waals surface area contributed by atoms with Gasteiger partial charge in [0.15, 0.2) is 0 Å². The van der Waals surface area contributed by atoms with Crippen molar-refractivity contribution in [2.24, 2.45) is 5.92 Å². The first-order valence-electron chi connectivity index (χ1n) is 9.92. The highest BCUT2D eigenvalue weighted by atomic mass is 16.2. The number of benzene rings is 1. The van der Waals surface area contributed by atoms with Gasteiger partial charge in [0, 0.05) is 12.5 Å². The standard InChI is InChI=1S/C23H34N2O2/c1-7-12-20-15-11-16-23(20,21(27)24-22(4,5)6)25(18(3)26)17(2)19-13-9-8-10-14-19/h7-10,13-14,17,20H,1,11-12,15-16H2,2-6H3,(H,24,27)/t17-,20-,23-/m0/s1. The number of carbonyl (C=O) groups excluding carboxylic acids is 2. The quantitative estimate of drug-likeness (QED) is 0.743. The zero-order valence-corrected chi connectivity index (χ0v) is 17.4. The van der Waals surface area contributed by atoms with Gasteiger partial charge in [-0.05, 0) is 58.4 Å². The zero-order chi connectivity index (χ0) is 20.2. The maximum atomic E-state index is 13.6. The lowest BCUT2D eigenvalue weighted by molar-refractivity contribution is -0.153. The summed E-state index contributed by atoms with van der Waals surface area (Å²) in [5.74, 6) is -0.0314. The number of carbonyl (C=O) groups is 2.